The van der Waals surface area contributed by atoms with Crippen LogP contribution in [0.4, 0.5) is 11.4 Å². The summed E-state index contributed by atoms with van der Waals surface area (Å²) in [5, 5.41) is 12.0. The van der Waals surface area contributed by atoms with Gasteiger partial charge >= 0.3 is 11.2 Å². The fraction of sp³-hybridized carbons (Fsp3) is 0.231. The summed E-state index contributed by atoms with van der Waals surface area (Å²) in [7, 11) is 1.55. The Labute approximate surface area is 196 Å². The Morgan fingerprint density at radius 3 is 2.03 bits per heavy atom. The van der Waals surface area contributed by atoms with Gasteiger partial charge in [0.2, 0.25) is 0 Å². The van der Waals surface area contributed by atoms with Gasteiger partial charge in [0, 0.05) is 39.4 Å². The van der Waals surface area contributed by atoms with Crippen LogP contribution in [0.2, 0.25) is 0 Å². The number of anilines is 1. The third-order valence-electron chi connectivity index (χ3n) is 6.51. The van der Waals surface area contributed by atoms with E-state index in [9.17, 15) is 14.9 Å². The van der Waals surface area contributed by atoms with Gasteiger partial charge in [0.1, 0.15) is 11.2 Å². The van der Waals surface area contributed by atoms with E-state index in [0.29, 0.717) is 42.9 Å². The first-order valence-corrected chi connectivity index (χ1v) is 11.3. The van der Waals surface area contributed by atoms with Crippen LogP contribution >= 0.6 is 0 Å². The molecular weight excluding hydrogens is 430 g/mol. The van der Waals surface area contributed by atoms with Gasteiger partial charge in [-0.25, -0.2) is 0 Å². The van der Waals surface area contributed by atoms with E-state index < -0.39 is 16.2 Å². The van der Waals surface area contributed by atoms with E-state index in [1.807, 2.05) is 41.3 Å². The second-order valence-corrected chi connectivity index (χ2v) is 8.44. The highest BCUT2D eigenvalue weighted by molar-refractivity contribution is 5.93. The quantitative estimate of drug-likeness (QED) is 0.337. The molecule has 2 aromatic carbocycles. The minimum absolute atomic E-state index is 0.0815. The standard InChI is InChI=1S/C26H25N5O3/c1-28-21-13-8-14-27-22(21)24(25(26(28)32)31(33)34)30-17-15-29(16-18-30)23(19-9-4-2-5-10-19)20-11-6-3-7-12-20/h2-14,23H,15-18H2,1H3. The Bertz CT molecular complexity index is 1340. The van der Waals surface area contributed by atoms with E-state index in [1.165, 1.54) is 15.7 Å². The first-order chi connectivity index (χ1) is 16.6. The lowest BCUT2D eigenvalue weighted by molar-refractivity contribution is -0.385. The first-order valence-electron chi connectivity index (χ1n) is 11.3. The molecule has 1 saturated heterocycles. The summed E-state index contributed by atoms with van der Waals surface area (Å²) in [6.07, 6.45) is 1.61. The molecule has 8 heteroatoms. The number of fused-ring (bicyclic) bond motifs is 1. The number of hydrogen-bond donors (Lipinski definition) is 0. The van der Waals surface area contributed by atoms with Crippen molar-refractivity contribution in [1.82, 2.24) is 14.5 Å². The van der Waals surface area contributed by atoms with Crippen molar-refractivity contribution in [2.24, 2.45) is 7.05 Å². The maximum atomic E-state index is 12.9. The highest BCUT2D eigenvalue weighted by atomic mass is 16.6. The molecule has 0 amide bonds. The van der Waals surface area contributed by atoms with Gasteiger partial charge in [-0.2, -0.15) is 0 Å². The zero-order chi connectivity index (χ0) is 23.7. The molecule has 0 spiro atoms. The third-order valence-corrected chi connectivity index (χ3v) is 6.51. The Hall–Kier alpha value is -4.04. The maximum absolute atomic E-state index is 12.9. The molecule has 0 atom stereocenters. The molecule has 3 heterocycles. The molecule has 0 bridgehead atoms. The predicted octanol–water partition coefficient (Wildman–Crippen LogP) is 3.75. The zero-order valence-corrected chi connectivity index (χ0v) is 18.9. The molecule has 1 aliphatic heterocycles. The number of nitro groups is 1. The number of pyridine rings is 2. The monoisotopic (exact) mass is 455 g/mol. The van der Waals surface area contributed by atoms with Gasteiger partial charge in [-0.1, -0.05) is 60.7 Å². The fourth-order valence-electron chi connectivity index (χ4n) is 4.88. The Morgan fingerprint density at radius 2 is 1.47 bits per heavy atom. The fourth-order valence-corrected chi connectivity index (χ4v) is 4.88. The molecule has 5 rings (SSSR count). The average molecular weight is 456 g/mol. The number of hydrogen-bond acceptors (Lipinski definition) is 6. The molecule has 0 aliphatic carbocycles. The van der Waals surface area contributed by atoms with Gasteiger partial charge in [0.15, 0.2) is 0 Å². The lowest BCUT2D eigenvalue weighted by atomic mass is 9.96. The molecule has 2 aromatic heterocycles. The van der Waals surface area contributed by atoms with E-state index in [-0.39, 0.29) is 6.04 Å². The smallest absolute Gasteiger partial charge is 0.359 e. The maximum Gasteiger partial charge on any atom is 0.359 e. The van der Waals surface area contributed by atoms with Crippen molar-refractivity contribution >= 4 is 22.4 Å². The topological polar surface area (TPSA) is 84.5 Å². The molecule has 34 heavy (non-hydrogen) atoms. The average Bonchev–Trinajstić information content (AvgIpc) is 2.88. The van der Waals surface area contributed by atoms with Crippen LogP contribution in [0.3, 0.4) is 0 Å². The largest absolute Gasteiger partial charge is 0.361 e. The van der Waals surface area contributed by atoms with Crippen molar-refractivity contribution in [2.75, 3.05) is 31.1 Å². The van der Waals surface area contributed by atoms with Crippen LogP contribution in [0, 0.1) is 10.1 Å². The minimum atomic E-state index is -0.616. The van der Waals surface area contributed by atoms with Gasteiger partial charge in [-0.3, -0.25) is 24.8 Å². The Balaban J connectivity index is 1.51. The lowest BCUT2D eigenvalue weighted by Crippen LogP contribution is -2.48. The molecule has 8 nitrogen and oxygen atoms in total. The molecule has 172 valence electrons. The summed E-state index contributed by atoms with van der Waals surface area (Å²) in [6.45, 7) is 2.48. The summed E-state index contributed by atoms with van der Waals surface area (Å²) >= 11 is 0. The van der Waals surface area contributed by atoms with Crippen molar-refractivity contribution in [1.29, 1.82) is 0 Å². The van der Waals surface area contributed by atoms with Crippen LogP contribution in [0.5, 0.6) is 0 Å². The third kappa shape index (κ3) is 3.82. The van der Waals surface area contributed by atoms with Crippen LogP contribution in [0.15, 0.2) is 83.8 Å². The molecule has 0 unspecified atom stereocenters. The number of rotatable bonds is 5. The predicted molar refractivity (Wildman–Crippen MR) is 132 cm³/mol. The van der Waals surface area contributed by atoms with Crippen molar-refractivity contribution in [3.63, 3.8) is 0 Å². The molecule has 0 N–H and O–H groups in total. The normalized spacial score (nSPS) is 14.6. The first kappa shape index (κ1) is 21.8. The van der Waals surface area contributed by atoms with E-state index in [2.05, 4.69) is 34.1 Å². The number of benzene rings is 2. The molecule has 4 aromatic rings. The second kappa shape index (κ2) is 9.07. The molecule has 0 saturated carbocycles. The van der Waals surface area contributed by atoms with Crippen LogP contribution < -0.4 is 10.5 Å². The van der Waals surface area contributed by atoms with Crippen molar-refractivity contribution in [3.05, 3.63) is 111 Å². The Kier molecular flexibility index (Phi) is 5.81. The summed E-state index contributed by atoms with van der Waals surface area (Å²) in [6, 6.07) is 24.3. The number of piperazine rings is 1. The van der Waals surface area contributed by atoms with Gasteiger partial charge in [0.25, 0.3) is 0 Å². The van der Waals surface area contributed by atoms with Crippen molar-refractivity contribution < 1.29 is 4.92 Å². The van der Waals surface area contributed by atoms with E-state index in [1.54, 1.807) is 25.4 Å². The molecular formula is C26H25N5O3. The molecule has 1 aliphatic rings. The number of aryl methyl sites for hydroxylation is 1. The number of aromatic nitrogens is 2. The molecule has 1 fully saturated rings. The SMILES string of the molecule is Cn1c(=O)c([N+](=O)[O-])c(N2CCN(C(c3ccccc3)c3ccccc3)CC2)c2ncccc21. The van der Waals surface area contributed by atoms with E-state index >= 15 is 0 Å². The van der Waals surface area contributed by atoms with Gasteiger partial charge in [-0.05, 0) is 23.3 Å². The highest BCUT2D eigenvalue weighted by Crippen LogP contribution is 2.35. The summed E-state index contributed by atoms with van der Waals surface area (Å²) in [5.41, 5.74) is 2.76. The van der Waals surface area contributed by atoms with Crippen LogP contribution in [0.1, 0.15) is 17.2 Å². The minimum Gasteiger partial charge on any atom is -0.361 e. The summed E-state index contributed by atoms with van der Waals surface area (Å²) < 4.78 is 1.31. The number of nitrogens with zero attached hydrogens (tertiary/aromatic N) is 5. The second-order valence-electron chi connectivity index (χ2n) is 8.44. The van der Waals surface area contributed by atoms with Crippen LogP contribution in [-0.4, -0.2) is 45.6 Å². The zero-order valence-electron chi connectivity index (χ0n) is 18.9. The lowest BCUT2D eigenvalue weighted by Gasteiger charge is -2.40. The Morgan fingerprint density at radius 1 is 0.882 bits per heavy atom. The summed E-state index contributed by atoms with van der Waals surface area (Å²) in [4.78, 5) is 33.0. The van der Waals surface area contributed by atoms with Crippen molar-refractivity contribution in [2.45, 2.75) is 6.04 Å². The summed E-state index contributed by atoms with van der Waals surface area (Å²) in [5.74, 6) is 0. The van der Waals surface area contributed by atoms with Crippen molar-refractivity contribution in [3.8, 4) is 0 Å². The van der Waals surface area contributed by atoms with Gasteiger partial charge in [-0.15, -0.1) is 0 Å². The highest BCUT2D eigenvalue weighted by Gasteiger charge is 2.33. The van der Waals surface area contributed by atoms with Gasteiger partial charge in [0.05, 0.1) is 16.5 Å². The van der Waals surface area contributed by atoms with Gasteiger partial charge < -0.3 is 9.47 Å². The van der Waals surface area contributed by atoms with E-state index in [0.717, 1.165) is 0 Å². The van der Waals surface area contributed by atoms with Crippen LogP contribution in [0.25, 0.3) is 11.0 Å². The van der Waals surface area contributed by atoms with E-state index in [4.69, 9.17) is 0 Å². The van der Waals surface area contributed by atoms with Crippen LogP contribution in [-0.2, 0) is 7.05 Å². The molecule has 0 radical (unpaired) electrons.